The van der Waals surface area contributed by atoms with Gasteiger partial charge in [-0.3, -0.25) is 4.79 Å². The van der Waals surface area contributed by atoms with Gasteiger partial charge in [0.15, 0.2) is 6.10 Å². The first kappa shape index (κ1) is 12.8. The number of amides is 1. The highest BCUT2D eigenvalue weighted by molar-refractivity contribution is 5.81. The third kappa shape index (κ3) is 2.98. The Balaban J connectivity index is 1.93. The molecule has 0 radical (unpaired) electrons. The molecule has 1 fully saturated rings. The molecule has 2 rings (SSSR count). The molecule has 1 heterocycles. The van der Waals surface area contributed by atoms with Gasteiger partial charge in [-0.1, -0.05) is 0 Å². The second kappa shape index (κ2) is 5.35. The molecule has 4 nitrogen and oxygen atoms in total. The Kier molecular flexibility index (Phi) is 3.81. The number of benzene rings is 1. The Morgan fingerprint density at radius 3 is 2.72 bits per heavy atom. The predicted molar refractivity (Wildman–Crippen MR) is 63.7 cm³/mol. The van der Waals surface area contributed by atoms with Crippen molar-refractivity contribution in [3.8, 4) is 5.75 Å². The molecule has 1 saturated heterocycles. The second-order valence-electron chi connectivity index (χ2n) is 4.44. The van der Waals surface area contributed by atoms with Gasteiger partial charge in [0, 0.05) is 13.1 Å². The van der Waals surface area contributed by atoms with Crippen LogP contribution in [0, 0.1) is 5.82 Å². The van der Waals surface area contributed by atoms with Gasteiger partial charge in [-0.15, -0.1) is 0 Å². The zero-order chi connectivity index (χ0) is 13.1. The minimum atomic E-state index is -0.638. The third-order valence-electron chi connectivity index (χ3n) is 2.95. The van der Waals surface area contributed by atoms with Crippen molar-refractivity contribution in [3.63, 3.8) is 0 Å². The van der Waals surface area contributed by atoms with E-state index in [9.17, 15) is 14.3 Å². The van der Waals surface area contributed by atoms with E-state index in [2.05, 4.69) is 0 Å². The van der Waals surface area contributed by atoms with E-state index in [1.165, 1.54) is 24.3 Å². The minimum absolute atomic E-state index is 0.157. The minimum Gasteiger partial charge on any atom is -0.481 e. The standard InChI is InChI=1S/C13H16FNO3/c1-9(13(17)15-7-6-11(16)8-15)18-12-4-2-10(14)3-5-12/h2-5,9,11,16H,6-8H2,1H3. The maximum Gasteiger partial charge on any atom is 0.263 e. The van der Waals surface area contributed by atoms with Crippen molar-refractivity contribution in [2.75, 3.05) is 13.1 Å². The number of halogens is 1. The fourth-order valence-electron chi connectivity index (χ4n) is 1.97. The summed E-state index contributed by atoms with van der Waals surface area (Å²) in [5.41, 5.74) is 0. The molecular weight excluding hydrogens is 237 g/mol. The van der Waals surface area contributed by atoms with Crippen molar-refractivity contribution < 1.29 is 19.0 Å². The molecule has 0 bridgehead atoms. The zero-order valence-electron chi connectivity index (χ0n) is 10.2. The lowest BCUT2D eigenvalue weighted by atomic mass is 10.3. The van der Waals surface area contributed by atoms with Crippen molar-refractivity contribution in [2.45, 2.75) is 25.6 Å². The van der Waals surface area contributed by atoms with E-state index in [0.29, 0.717) is 25.3 Å². The average molecular weight is 253 g/mol. The van der Waals surface area contributed by atoms with Crippen molar-refractivity contribution in [1.29, 1.82) is 0 Å². The number of hydrogen-bond acceptors (Lipinski definition) is 3. The number of nitrogens with zero attached hydrogens (tertiary/aromatic N) is 1. The number of β-amino-alcohol motifs (C(OH)–C–C–N with tert-alkyl or cyclic N) is 1. The van der Waals surface area contributed by atoms with E-state index in [0.717, 1.165) is 0 Å². The molecule has 2 atom stereocenters. The largest absolute Gasteiger partial charge is 0.481 e. The fourth-order valence-corrected chi connectivity index (χ4v) is 1.97. The summed E-state index contributed by atoms with van der Waals surface area (Å²) in [4.78, 5) is 13.6. The summed E-state index contributed by atoms with van der Waals surface area (Å²) in [6.07, 6.45) is -0.470. The number of ether oxygens (including phenoxy) is 1. The molecule has 18 heavy (non-hydrogen) atoms. The van der Waals surface area contributed by atoms with Gasteiger partial charge >= 0.3 is 0 Å². The van der Waals surface area contributed by atoms with E-state index in [4.69, 9.17) is 4.74 Å². The lowest BCUT2D eigenvalue weighted by Crippen LogP contribution is -2.39. The number of likely N-dealkylation sites (tertiary alicyclic amines) is 1. The molecule has 0 aliphatic carbocycles. The molecule has 1 amide bonds. The van der Waals surface area contributed by atoms with Crippen molar-refractivity contribution in [3.05, 3.63) is 30.1 Å². The summed E-state index contributed by atoms with van der Waals surface area (Å²) >= 11 is 0. The van der Waals surface area contributed by atoms with E-state index < -0.39 is 12.2 Å². The zero-order valence-corrected chi connectivity index (χ0v) is 10.2. The molecule has 0 aromatic heterocycles. The first-order valence-corrected chi connectivity index (χ1v) is 5.95. The Labute approximate surface area is 105 Å². The quantitative estimate of drug-likeness (QED) is 0.880. The normalized spacial score (nSPS) is 20.8. The Hall–Kier alpha value is -1.62. The van der Waals surface area contributed by atoms with Crippen LogP contribution in [-0.2, 0) is 4.79 Å². The summed E-state index contributed by atoms with van der Waals surface area (Å²) < 4.78 is 18.2. The van der Waals surface area contributed by atoms with E-state index in [-0.39, 0.29) is 11.7 Å². The van der Waals surface area contributed by atoms with Crippen LogP contribution in [0.2, 0.25) is 0 Å². The molecular formula is C13H16FNO3. The highest BCUT2D eigenvalue weighted by atomic mass is 19.1. The predicted octanol–water partition coefficient (Wildman–Crippen LogP) is 1.19. The molecule has 1 aromatic carbocycles. The summed E-state index contributed by atoms with van der Waals surface area (Å²) in [6, 6.07) is 5.54. The molecule has 2 unspecified atom stereocenters. The summed E-state index contributed by atoms with van der Waals surface area (Å²) in [6.45, 7) is 2.56. The molecule has 1 aliphatic heterocycles. The van der Waals surface area contributed by atoms with Crippen molar-refractivity contribution in [2.24, 2.45) is 0 Å². The van der Waals surface area contributed by atoms with E-state index >= 15 is 0 Å². The van der Waals surface area contributed by atoms with Crippen LogP contribution in [0.3, 0.4) is 0 Å². The number of hydrogen-bond donors (Lipinski definition) is 1. The van der Waals surface area contributed by atoms with Crippen molar-refractivity contribution in [1.82, 2.24) is 4.90 Å². The van der Waals surface area contributed by atoms with Gasteiger partial charge in [-0.05, 0) is 37.6 Å². The first-order valence-electron chi connectivity index (χ1n) is 5.95. The summed E-state index contributed by atoms with van der Waals surface area (Å²) in [5, 5.41) is 9.37. The van der Waals surface area contributed by atoms with Gasteiger partial charge in [0.1, 0.15) is 11.6 Å². The molecule has 0 spiro atoms. The lowest BCUT2D eigenvalue weighted by Gasteiger charge is -2.21. The SMILES string of the molecule is CC(Oc1ccc(F)cc1)C(=O)N1CCC(O)C1. The Morgan fingerprint density at radius 1 is 1.50 bits per heavy atom. The van der Waals surface area contributed by atoms with Crippen molar-refractivity contribution >= 4 is 5.91 Å². The van der Waals surface area contributed by atoms with Crippen LogP contribution in [0.5, 0.6) is 5.75 Å². The number of carbonyl (C=O) groups excluding carboxylic acids is 1. The monoisotopic (exact) mass is 253 g/mol. The fraction of sp³-hybridized carbons (Fsp3) is 0.462. The van der Waals surface area contributed by atoms with Gasteiger partial charge in [-0.25, -0.2) is 4.39 Å². The van der Waals surface area contributed by atoms with E-state index in [1.54, 1.807) is 11.8 Å². The molecule has 1 aromatic rings. The smallest absolute Gasteiger partial charge is 0.263 e. The Bertz CT molecular complexity index is 421. The molecule has 98 valence electrons. The second-order valence-corrected chi connectivity index (χ2v) is 4.44. The highest BCUT2D eigenvalue weighted by Crippen LogP contribution is 2.16. The van der Waals surface area contributed by atoms with Crippen LogP contribution in [0.15, 0.2) is 24.3 Å². The number of rotatable bonds is 3. The molecule has 1 aliphatic rings. The number of carbonyl (C=O) groups is 1. The van der Waals surface area contributed by atoms with Crippen LogP contribution in [-0.4, -0.2) is 41.2 Å². The van der Waals surface area contributed by atoms with Crippen LogP contribution in [0.4, 0.5) is 4.39 Å². The van der Waals surface area contributed by atoms with Crippen LogP contribution in [0.25, 0.3) is 0 Å². The summed E-state index contributed by atoms with van der Waals surface area (Å²) in [5.74, 6) is -0.0446. The maximum absolute atomic E-state index is 12.7. The van der Waals surface area contributed by atoms with E-state index in [1.807, 2.05) is 0 Å². The number of aliphatic hydroxyl groups excluding tert-OH is 1. The third-order valence-corrected chi connectivity index (χ3v) is 2.95. The van der Waals surface area contributed by atoms with Crippen LogP contribution < -0.4 is 4.74 Å². The first-order chi connectivity index (χ1) is 8.56. The average Bonchev–Trinajstić information content (AvgIpc) is 2.78. The summed E-state index contributed by atoms with van der Waals surface area (Å²) in [7, 11) is 0. The topological polar surface area (TPSA) is 49.8 Å². The molecule has 5 heteroatoms. The lowest BCUT2D eigenvalue weighted by molar-refractivity contribution is -0.137. The van der Waals surface area contributed by atoms with Gasteiger partial charge in [0.05, 0.1) is 6.10 Å². The van der Waals surface area contributed by atoms with Gasteiger partial charge < -0.3 is 14.7 Å². The molecule has 0 saturated carbocycles. The van der Waals surface area contributed by atoms with Gasteiger partial charge in [0.2, 0.25) is 0 Å². The molecule has 1 N–H and O–H groups in total. The maximum atomic E-state index is 12.7. The van der Waals surface area contributed by atoms with Crippen LogP contribution >= 0.6 is 0 Å². The Morgan fingerprint density at radius 2 is 2.17 bits per heavy atom. The van der Waals surface area contributed by atoms with Gasteiger partial charge in [0.25, 0.3) is 5.91 Å². The van der Waals surface area contributed by atoms with Gasteiger partial charge in [-0.2, -0.15) is 0 Å². The van der Waals surface area contributed by atoms with Crippen LogP contribution in [0.1, 0.15) is 13.3 Å². The highest BCUT2D eigenvalue weighted by Gasteiger charge is 2.28. The number of aliphatic hydroxyl groups is 1.